The van der Waals surface area contributed by atoms with E-state index in [9.17, 15) is 9.59 Å². The van der Waals surface area contributed by atoms with Crippen LogP contribution in [-0.2, 0) is 22.4 Å². The van der Waals surface area contributed by atoms with Crippen molar-refractivity contribution in [2.45, 2.75) is 39.7 Å². The molecule has 0 aliphatic carbocycles. The Bertz CT molecular complexity index is 1430. The number of nitrogens with zero attached hydrogens (tertiary/aromatic N) is 4. The Kier molecular flexibility index (Phi) is 8.11. The Morgan fingerprint density at radius 1 is 1.11 bits per heavy atom. The first kappa shape index (κ1) is 25.9. The number of aromatic nitrogens is 4. The Morgan fingerprint density at radius 2 is 1.89 bits per heavy atom. The fourth-order valence-electron chi connectivity index (χ4n) is 4.04. The highest BCUT2D eigenvalue weighted by atomic mass is 79.9. The van der Waals surface area contributed by atoms with Crippen LogP contribution in [0.25, 0.3) is 16.6 Å². The predicted molar refractivity (Wildman–Crippen MR) is 141 cm³/mol. The summed E-state index contributed by atoms with van der Waals surface area (Å²) in [6, 6.07) is 13.0. The zero-order chi connectivity index (χ0) is 25.8. The van der Waals surface area contributed by atoms with Gasteiger partial charge in [-0.05, 0) is 59.1 Å². The van der Waals surface area contributed by atoms with Crippen molar-refractivity contribution in [2.75, 3.05) is 13.7 Å². The summed E-state index contributed by atoms with van der Waals surface area (Å²) >= 11 is 10.00. The summed E-state index contributed by atoms with van der Waals surface area (Å²) in [4.78, 5) is 29.4. The van der Waals surface area contributed by atoms with Crippen molar-refractivity contribution < 1.29 is 19.1 Å². The molecule has 0 aliphatic heterocycles. The third-order valence-corrected chi connectivity index (χ3v) is 6.81. The second-order valence-corrected chi connectivity index (χ2v) is 9.25. The third kappa shape index (κ3) is 5.03. The molecular formula is C26H26BrClN4O4. The molecule has 10 heteroatoms. The summed E-state index contributed by atoms with van der Waals surface area (Å²) in [5.41, 5.74) is 2.94. The molecule has 0 saturated heterocycles. The molecule has 0 radical (unpaired) electrons. The number of esters is 2. The summed E-state index contributed by atoms with van der Waals surface area (Å²) in [6.07, 6.45) is 2.61. The van der Waals surface area contributed by atoms with Crippen LogP contribution in [0, 0.1) is 0 Å². The van der Waals surface area contributed by atoms with Crippen molar-refractivity contribution in [1.29, 1.82) is 0 Å². The molecule has 2 aromatic carbocycles. The fraction of sp³-hybridized carbons (Fsp3) is 0.308. The van der Waals surface area contributed by atoms with Gasteiger partial charge in [0.2, 0.25) is 0 Å². The number of benzene rings is 2. The van der Waals surface area contributed by atoms with Crippen LogP contribution >= 0.6 is 27.5 Å². The van der Waals surface area contributed by atoms with Gasteiger partial charge in [-0.1, -0.05) is 43.1 Å². The van der Waals surface area contributed by atoms with Crippen LogP contribution in [0.1, 0.15) is 58.9 Å². The van der Waals surface area contributed by atoms with Crippen molar-refractivity contribution in [3.05, 3.63) is 74.9 Å². The number of ether oxygens (including phenoxy) is 2. The van der Waals surface area contributed by atoms with Gasteiger partial charge in [0.1, 0.15) is 10.4 Å². The first-order chi connectivity index (χ1) is 17.4. The number of carbonyl (C=O) groups is 2. The van der Waals surface area contributed by atoms with Gasteiger partial charge in [-0.15, -0.1) is 0 Å². The number of hydrogen-bond donors (Lipinski definition) is 0. The number of para-hydroxylation sites is 1. The van der Waals surface area contributed by atoms with Gasteiger partial charge in [0.25, 0.3) is 0 Å². The summed E-state index contributed by atoms with van der Waals surface area (Å²) in [6.45, 7) is 4.53. The molecule has 0 amide bonds. The van der Waals surface area contributed by atoms with Gasteiger partial charge in [-0.25, -0.2) is 19.3 Å². The van der Waals surface area contributed by atoms with E-state index in [1.165, 1.54) is 7.11 Å². The third-order valence-electron chi connectivity index (χ3n) is 5.78. The number of fused-ring (bicyclic) bond motifs is 1. The zero-order valence-corrected chi connectivity index (χ0v) is 22.6. The largest absolute Gasteiger partial charge is 0.464 e. The van der Waals surface area contributed by atoms with E-state index < -0.39 is 11.9 Å². The van der Waals surface area contributed by atoms with Crippen molar-refractivity contribution in [3.63, 3.8) is 0 Å². The van der Waals surface area contributed by atoms with Gasteiger partial charge in [-0.2, -0.15) is 5.10 Å². The molecule has 0 unspecified atom stereocenters. The second kappa shape index (κ2) is 11.3. The highest BCUT2D eigenvalue weighted by Gasteiger charge is 2.23. The van der Waals surface area contributed by atoms with E-state index in [0.717, 1.165) is 35.1 Å². The molecule has 8 nitrogen and oxygen atoms in total. The monoisotopic (exact) mass is 572 g/mol. The topological polar surface area (TPSA) is 88.2 Å². The molecule has 0 saturated carbocycles. The summed E-state index contributed by atoms with van der Waals surface area (Å²) in [5.74, 6) is -0.200. The van der Waals surface area contributed by atoms with Crippen LogP contribution in [0.2, 0.25) is 5.15 Å². The molecule has 0 fully saturated rings. The van der Waals surface area contributed by atoms with Gasteiger partial charge in [0, 0.05) is 18.4 Å². The first-order valence-electron chi connectivity index (χ1n) is 11.7. The van der Waals surface area contributed by atoms with Gasteiger partial charge in [-0.3, -0.25) is 0 Å². The summed E-state index contributed by atoms with van der Waals surface area (Å²) in [7, 11) is 1.33. The molecule has 0 atom stereocenters. The van der Waals surface area contributed by atoms with E-state index in [1.54, 1.807) is 23.7 Å². The molecule has 0 bridgehead atoms. The number of carbonyl (C=O) groups excluding carboxylic acids is 2. The van der Waals surface area contributed by atoms with Gasteiger partial charge >= 0.3 is 11.9 Å². The summed E-state index contributed by atoms with van der Waals surface area (Å²) < 4.78 is 14.4. The maximum Gasteiger partial charge on any atom is 0.357 e. The van der Waals surface area contributed by atoms with Crippen LogP contribution in [0.3, 0.4) is 0 Å². The lowest BCUT2D eigenvalue weighted by molar-refractivity contribution is 0.0525. The Labute approximate surface area is 222 Å². The standard InChI is InChI=1S/C26H26BrClN4O4/c1-4-6-11-21-29-24(28)22(26(34)35-3)31(21)15-16-12-13-19-18(14-16)23(27)32(30-19)20-10-8-7-9-17(20)25(33)36-5-2/h7-10,12-14H,4-6,11,15H2,1-3H3. The van der Waals surface area contributed by atoms with E-state index in [1.807, 2.05) is 34.9 Å². The van der Waals surface area contributed by atoms with E-state index in [2.05, 4.69) is 27.8 Å². The smallest absolute Gasteiger partial charge is 0.357 e. The first-order valence-corrected chi connectivity index (χ1v) is 12.8. The molecular weight excluding hydrogens is 548 g/mol. The molecule has 4 aromatic rings. The second-order valence-electron chi connectivity index (χ2n) is 8.14. The maximum absolute atomic E-state index is 12.5. The van der Waals surface area contributed by atoms with E-state index in [-0.39, 0.29) is 17.5 Å². The maximum atomic E-state index is 12.5. The average molecular weight is 574 g/mol. The average Bonchev–Trinajstić information content (AvgIpc) is 3.38. The molecule has 0 N–H and O–H groups in total. The molecule has 0 aliphatic rings. The lowest BCUT2D eigenvalue weighted by Crippen LogP contribution is -2.14. The number of imidazole rings is 1. The molecule has 36 heavy (non-hydrogen) atoms. The number of halogens is 2. The quantitative estimate of drug-likeness (QED) is 0.229. The Morgan fingerprint density at radius 3 is 2.61 bits per heavy atom. The number of rotatable bonds is 9. The SMILES string of the molecule is CCCCc1nc(Cl)c(C(=O)OC)n1Cc1ccc2nn(-c3ccccc3C(=O)OCC)c(Br)c2c1. The molecule has 2 heterocycles. The van der Waals surface area contributed by atoms with Crippen molar-refractivity contribution in [3.8, 4) is 5.69 Å². The minimum absolute atomic E-state index is 0.138. The number of methoxy groups -OCH3 is 1. The predicted octanol–water partition coefficient (Wildman–Crippen LogP) is 5.99. The normalized spacial score (nSPS) is 11.1. The van der Waals surface area contributed by atoms with Crippen molar-refractivity contribution in [1.82, 2.24) is 19.3 Å². The van der Waals surface area contributed by atoms with Crippen LogP contribution in [-0.4, -0.2) is 45.0 Å². The lowest BCUT2D eigenvalue weighted by Gasteiger charge is -2.11. The molecule has 4 rings (SSSR count). The van der Waals surface area contributed by atoms with Crippen molar-refractivity contribution >= 4 is 50.4 Å². The van der Waals surface area contributed by atoms with Crippen LogP contribution in [0.5, 0.6) is 0 Å². The number of unbranched alkanes of at least 4 members (excludes halogenated alkanes) is 1. The van der Waals surface area contributed by atoms with Crippen molar-refractivity contribution in [2.24, 2.45) is 0 Å². The minimum Gasteiger partial charge on any atom is -0.464 e. The lowest BCUT2D eigenvalue weighted by atomic mass is 10.1. The Balaban J connectivity index is 1.76. The fourth-order valence-corrected chi connectivity index (χ4v) is 4.90. The van der Waals surface area contributed by atoms with Gasteiger partial charge < -0.3 is 14.0 Å². The van der Waals surface area contributed by atoms with Gasteiger partial charge in [0.05, 0.1) is 30.5 Å². The number of aryl methyl sites for hydroxylation is 1. The minimum atomic E-state index is -0.527. The molecule has 188 valence electrons. The zero-order valence-electron chi connectivity index (χ0n) is 20.3. The number of hydrogen-bond acceptors (Lipinski definition) is 6. The van der Waals surface area contributed by atoms with E-state index >= 15 is 0 Å². The molecule has 0 spiro atoms. The van der Waals surface area contributed by atoms with Crippen LogP contribution in [0.15, 0.2) is 47.1 Å². The van der Waals surface area contributed by atoms with Gasteiger partial charge in [0.15, 0.2) is 10.8 Å². The highest BCUT2D eigenvalue weighted by Crippen LogP contribution is 2.30. The van der Waals surface area contributed by atoms with Crippen LogP contribution in [0.4, 0.5) is 0 Å². The van der Waals surface area contributed by atoms with E-state index in [0.29, 0.717) is 28.8 Å². The van der Waals surface area contributed by atoms with E-state index in [4.69, 9.17) is 26.2 Å². The Hall–Kier alpha value is -3.17. The van der Waals surface area contributed by atoms with Crippen LogP contribution < -0.4 is 0 Å². The summed E-state index contributed by atoms with van der Waals surface area (Å²) in [5, 5.41) is 5.69. The highest BCUT2D eigenvalue weighted by molar-refractivity contribution is 9.10. The molecule has 2 aromatic heterocycles.